The van der Waals surface area contributed by atoms with Crippen LogP contribution in [0.15, 0.2) is 54.6 Å². The molecule has 6 nitrogen and oxygen atoms in total. The Morgan fingerprint density at radius 3 is 2.32 bits per heavy atom. The van der Waals surface area contributed by atoms with E-state index in [1.54, 1.807) is 19.1 Å². The molecule has 0 saturated heterocycles. The lowest BCUT2D eigenvalue weighted by molar-refractivity contribution is 0.0991. The van der Waals surface area contributed by atoms with Crippen LogP contribution in [0.1, 0.15) is 15.9 Å². The molecule has 0 unspecified atom stereocenters. The average Bonchev–Trinajstić information content (AvgIpc) is 3.05. The van der Waals surface area contributed by atoms with Gasteiger partial charge in [0.25, 0.3) is 5.91 Å². The van der Waals surface area contributed by atoms with E-state index in [1.807, 2.05) is 48.5 Å². The fraction of sp³-hybridized carbons (Fsp3) is 0.160. The Morgan fingerprint density at radius 2 is 1.65 bits per heavy atom. The number of rotatable bonds is 5. The molecule has 1 amide bonds. The number of hydrogen-bond acceptors (Lipinski definition) is 5. The van der Waals surface area contributed by atoms with Crippen LogP contribution in [0.4, 0.5) is 5.69 Å². The lowest BCUT2D eigenvalue weighted by atomic mass is 9.96. The van der Waals surface area contributed by atoms with Gasteiger partial charge in [0, 0.05) is 16.2 Å². The second kappa shape index (κ2) is 7.09. The van der Waals surface area contributed by atoms with E-state index >= 15 is 0 Å². The third kappa shape index (κ3) is 2.75. The highest BCUT2D eigenvalue weighted by Crippen LogP contribution is 2.50. The van der Waals surface area contributed by atoms with Gasteiger partial charge in [0.2, 0.25) is 0 Å². The zero-order valence-electron chi connectivity index (χ0n) is 17.4. The Morgan fingerprint density at radius 1 is 0.871 bits per heavy atom. The second-order valence-electron chi connectivity index (χ2n) is 7.42. The molecular formula is C25H21NO5. The number of aromatic hydroxyl groups is 1. The molecule has 1 N–H and O–H groups in total. The molecule has 4 aromatic carbocycles. The molecule has 1 heterocycles. The first-order chi connectivity index (χ1) is 15.1. The highest BCUT2D eigenvalue weighted by molar-refractivity contribution is 6.31. The van der Waals surface area contributed by atoms with Crippen molar-refractivity contribution in [3.05, 3.63) is 65.7 Å². The standard InChI is InChI=1S/C25H21NO5/c1-29-15-9-7-14(8-10-15)13-26-19-11-17-16(5-4-6-21(17)30-2)23-22(19)18(25(26)28)12-20(27)24(23)31-3/h4-12,27H,13H2,1-3H3. The molecule has 0 radical (unpaired) electrons. The molecule has 0 spiro atoms. The predicted molar refractivity (Wildman–Crippen MR) is 120 cm³/mol. The Balaban J connectivity index is 1.79. The third-order valence-corrected chi connectivity index (χ3v) is 5.82. The molecule has 0 aliphatic carbocycles. The van der Waals surface area contributed by atoms with E-state index < -0.39 is 0 Å². The lowest BCUT2D eigenvalue weighted by Crippen LogP contribution is -2.26. The number of ether oxygens (including phenoxy) is 3. The number of nitrogens with zero attached hydrogens (tertiary/aromatic N) is 1. The van der Waals surface area contributed by atoms with E-state index in [-0.39, 0.29) is 11.7 Å². The first-order valence-electron chi connectivity index (χ1n) is 9.85. The first-order valence-corrected chi connectivity index (χ1v) is 9.85. The Bertz CT molecular complexity index is 1340. The van der Waals surface area contributed by atoms with Crippen molar-refractivity contribution >= 4 is 33.1 Å². The summed E-state index contributed by atoms with van der Waals surface area (Å²) in [6.07, 6.45) is 0. The van der Waals surface area contributed by atoms with Crippen molar-refractivity contribution in [3.8, 4) is 23.0 Å². The lowest BCUT2D eigenvalue weighted by Gasteiger charge is -2.19. The summed E-state index contributed by atoms with van der Waals surface area (Å²) in [5, 5.41) is 13.8. The molecule has 1 aliphatic heterocycles. The summed E-state index contributed by atoms with van der Waals surface area (Å²) in [7, 11) is 4.75. The molecule has 0 aromatic heterocycles. The molecule has 5 rings (SSSR count). The van der Waals surface area contributed by atoms with Crippen molar-refractivity contribution in [2.24, 2.45) is 0 Å². The SMILES string of the molecule is COc1ccc(CN2C(=O)c3cc(O)c(OC)c4c3c2cc2c(OC)cccc24)cc1. The number of benzene rings is 4. The summed E-state index contributed by atoms with van der Waals surface area (Å²) in [5.74, 6) is 1.56. The van der Waals surface area contributed by atoms with Crippen molar-refractivity contribution < 1.29 is 24.1 Å². The molecule has 6 heteroatoms. The van der Waals surface area contributed by atoms with E-state index in [1.165, 1.54) is 13.2 Å². The van der Waals surface area contributed by atoms with Gasteiger partial charge in [0.05, 0.1) is 39.1 Å². The number of anilines is 1. The fourth-order valence-corrected chi connectivity index (χ4v) is 4.38. The summed E-state index contributed by atoms with van der Waals surface area (Å²) in [4.78, 5) is 15.1. The number of hydrogen-bond donors (Lipinski definition) is 1. The van der Waals surface area contributed by atoms with Crippen molar-refractivity contribution in [2.45, 2.75) is 6.54 Å². The van der Waals surface area contributed by atoms with Gasteiger partial charge >= 0.3 is 0 Å². The van der Waals surface area contributed by atoms with E-state index in [0.717, 1.165) is 33.2 Å². The number of phenols is 1. The number of methoxy groups -OCH3 is 3. The van der Waals surface area contributed by atoms with Crippen molar-refractivity contribution in [2.75, 3.05) is 26.2 Å². The van der Waals surface area contributed by atoms with Gasteiger partial charge in [-0.15, -0.1) is 0 Å². The molecule has 0 fully saturated rings. The summed E-state index contributed by atoms with van der Waals surface area (Å²) >= 11 is 0. The van der Waals surface area contributed by atoms with E-state index in [4.69, 9.17) is 14.2 Å². The monoisotopic (exact) mass is 415 g/mol. The Kier molecular flexibility index (Phi) is 4.36. The van der Waals surface area contributed by atoms with E-state index in [0.29, 0.717) is 29.0 Å². The smallest absolute Gasteiger partial charge is 0.259 e. The van der Waals surface area contributed by atoms with Crippen LogP contribution in [-0.4, -0.2) is 32.3 Å². The van der Waals surface area contributed by atoms with Crippen LogP contribution in [0.5, 0.6) is 23.0 Å². The summed E-state index contributed by atoms with van der Waals surface area (Å²) < 4.78 is 16.4. The third-order valence-electron chi connectivity index (χ3n) is 5.82. The number of fused-ring (bicyclic) bond motifs is 2. The van der Waals surface area contributed by atoms with Gasteiger partial charge in [0.1, 0.15) is 11.5 Å². The van der Waals surface area contributed by atoms with Crippen molar-refractivity contribution in [1.82, 2.24) is 0 Å². The quantitative estimate of drug-likeness (QED) is 0.470. The number of amides is 1. The van der Waals surface area contributed by atoms with Gasteiger partial charge in [-0.05, 0) is 41.3 Å². The van der Waals surface area contributed by atoms with Crippen LogP contribution >= 0.6 is 0 Å². The summed E-state index contributed by atoms with van der Waals surface area (Å²) in [5.41, 5.74) is 2.19. The van der Waals surface area contributed by atoms with Crippen LogP contribution < -0.4 is 19.1 Å². The fourth-order valence-electron chi connectivity index (χ4n) is 4.38. The largest absolute Gasteiger partial charge is 0.504 e. The van der Waals surface area contributed by atoms with Crippen molar-refractivity contribution in [3.63, 3.8) is 0 Å². The second-order valence-corrected chi connectivity index (χ2v) is 7.42. The predicted octanol–water partition coefficient (Wildman–Crippen LogP) is 4.88. The molecule has 1 aliphatic rings. The molecule has 0 atom stereocenters. The van der Waals surface area contributed by atoms with Crippen LogP contribution in [0.3, 0.4) is 0 Å². The molecule has 156 valence electrons. The minimum absolute atomic E-state index is 0.0640. The van der Waals surface area contributed by atoms with Gasteiger partial charge in [0.15, 0.2) is 11.5 Å². The average molecular weight is 415 g/mol. The normalized spacial score (nSPS) is 12.6. The Labute approximate surface area is 179 Å². The maximum atomic E-state index is 13.4. The number of carbonyl (C=O) groups is 1. The van der Waals surface area contributed by atoms with E-state index in [9.17, 15) is 9.90 Å². The van der Waals surface area contributed by atoms with Gasteiger partial charge in [-0.25, -0.2) is 0 Å². The summed E-state index contributed by atoms with van der Waals surface area (Å²) in [6.45, 7) is 0.385. The van der Waals surface area contributed by atoms with Gasteiger partial charge in [-0.2, -0.15) is 0 Å². The van der Waals surface area contributed by atoms with Crippen molar-refractivity contribution in [1.29, 1.82) is 0 Å². The molecule has 0 saturated carbocycles. The maximum absolute atomic E-state index is 13.4. The zero-order chi connectivity index (χ0) is 21.7. The van der Waals surface area contributed by atoms with Crippen LogP contribution in [-0.2, 0) is 6.54 Å². The van der Waals surface area contributed by atoms with E-state index in [2.05, 4.69) is 0 Å². The Hall–Kier alpha value is -3.93. The highest BCUT2D eigenvalue weighted by atomic mass is 16.5. The topological polar surface area (TPSA) is 68.2 Å². The van der Waals surface area contributed by atoms with Gasteiger partial charge < -0.3 is 24.2 Å². The zero-order valence-corrected chi connectivity index (χ0v) is 17.4. The molecular weight excluding hydrogens is 394 g/mol. The van der Waals surface area contributed by atoms with Crippen LogP contribution in [0.2, 0.25) is 0 Å². The first kappa shape index (κ1) is 19.1. The maximum Gasteiger partial charge on any atom is 0.259 e. The minimum Gasteiger partial charge on any atom is -0.504 e. The number of carbonyl (C=O) groups excluding carboxylic acids is 1. The minimum atomic E-state index is -0.164. The molecule has 0 bridgehead atoms. The van der Waals surface area contributed by atoms with Crippen LogP contribution in [0, 0.1) is 0 Å². The number of phenolic OH excluding ortho intramolecular Hbond substituents is 1. The molecule has 31 heavy (non-hydrogen) atoms. The van der Waals surface area contributed by atoms with Crippen LogP contribution in [0.25, 0.3) is 21.5 Å². The van der Waals surface area contributed by atoms with Gasteiger partial charge in [-0.3, -0.25) is 4.79 Å². The highest BCUT2D eigenvalue weighted by Gasteiger charge is 2.34. The molecule has 4 aromatic rings. The summed E-state index contributed by atoms with van der Waals surface area (Å²) in [6, 6.07) is 16.8. The van der Waals surface area contributed by atoms with Gasteiger partial charge in [-0.1, -0.05) is 24.3 Å².